The molecule has 0 aliphatic heterocycles. The molecule has 0 rings (SSSR count). The molecule has 0 amide bonds. The van der Waals surface area contributed by atoms with Gasteiger partial charge in [0.15, 0.2) is 0 Å². The molecule has 1 atom stereocenters. The molecule has 0 bridgehead atoms. The van der Waals surface area contributed by atoms with Crippen LogP contribution in [0.2, 0.25) is 0 Å². The number of hydrogen-bond donors (Lipinski definition) is 3. The molecule has 0 saturated heterocycles. The molecule has 0 aliphatic rings. The van der Waals surface area contributed by atoms with Crippen molar-refractivity contribution in [2.24, 2.45) is 0 Å². The summed E-state index contributed by atoms with van der Waals surface area (Å²) >= 11 is 0. The van der Waals surface area contributed by atoms with Crippen molar-refractivity contribution in [3.63, 3.8) is 0 Å². The first kappa shape index (κ1) is 6.88. The summed E-state index contributed by atoms with van der Waals surface area (Å²) in [6, 6.07) is 0. The predicted molar refractivity (Wildman–Crippen MR) is 27.0 cm³/mol. The highest BCUT2D eigenvalue weighted by Gasteiger charge is 1.95. The van der Waals surface area contributed by atoms with Gasteiger partial charge < -0.3 is 15.5 Å². The van der Waals surface area contributed by atoms with Gasteiger partial charge in [0.05, 0.1) is 12.7 Å². The molecule has 0 unspecified atom stereocenters. The maximum absolute atomic E-state index is 8.55. The van der Waals surface area contributed by atoms with Gasteiger partial charge in [0.2, 0.25) is 0 Å². The summed E-state index contributed by atoms with van der Waals surface area (Å²) in [5.41, 5.74) is 0. The van der Waals surface area contributed by atoms with Crippen molar-refractivity contribution in [1.29, 1.82) is 0 Å². The van der Waals surface area contributed by atoms with Crippen molar-refractivity contribution in [3.05, 3.63) is 0 Å². The third-order valence-electron chi connectivity index (χ3n) is 0.650. The van der Waals surface area contributed by atoms with Gasteiger partial charge in [-0.15, -0.1) is 0 Å². The zero-order chi connectivity index (χ0) is 5.70. The molecule has 3 heteroatoms. The molecule has 0 aromatic carbocycles. The van der Waals surface area contributed by atoms with Crippen molar-refractivity contribution in [2.75, 3.05) is 20.2 Å². The molecule has 0 aromatic heterocycles. The molecular formula is C4H11NO2. The fourth-order valence-electron chi connectivity index (χ4n) is 0.300. The van der Waals surface area contributed by atoms with Crippen LogP contribution in [-0.2, 0) is 0 Å². The van der Waals surface area contributed by atoms with E-state index in [0.29, 0.717) is 6.54 Å². The molecule has 0 fully saturated rings. The van der Waals surface area contributed by atoms with E-state index in [9.17, 15) is 0 Å². The minimum absolute atomic E-state index is 0.166. The zero-order valence-corrected chi connectivity index (χ0v) is 4.39. The van der Waals surface area contributed by atoms with E-state index in [0.717, 1.165) is 0 Å². The lowest BCUT2D eigenvalue weighted by Crippen LogP contribution is -2.26. The molecule has 3 N–H and O–H groups in total. The lowest BCUT2D eigenvalue weighted by molar-refractivity contribution is 0.0961. The summed E-state index contributed by atoms with van der Waals surface area (Å²) in [6.45, 7) is 0.289. The summed E-state index contributed by atoms with van der Waals surface area (Å²) in [6.07, 6.45) is -0.606. The maximum Gasteiger partial charge on any atom is 0.0894 e. The Bertz CT molecular complexity index is 40.7. The van der Waals surface area contributed by atoms with Crippen molar-refractivity contribution < 1.29 is 10.2 Å². The Morgan fingerprint density at radius 2 is 2.29 bits per heavy atom. The smallest absolute Gasteiger partial charge is 0.0894 e. The van der Waals surface area contributed by atoms with Gasteiger partial charge in [0, 0.05) is 6.54 Å². The Labute approximate surface area is 43.0 Å². The van der Waals surface area contributed by atoms with E-state index in [1.807, 2.05) is 0 Å². The zero-order valence-electron chi connectivity index (χ0n) is 4.39. The molecule has 0 spiro atoms. The van der Waals surface area contributed by atoms with Gasteiger partial charge in [0.25, 0.3) is 0 Å². The number of hydrogen-bond acceptors (Lipinski definition) is 3. The number of rotatable bonds is 3. The highest BCUT2D eigenvalue weighted by Crippen LogP contribution is 1.72. The normalized spacial score (nSPS) is 14.1. The average molecular weight is 105 g/mol. The second-order valence-electron chi connectivity index (χ2n) is 1.39. The third kappa shape index (κ3) is 3.72. The maximum atomic E-state index is 8.55. The lowest BCUT2D eigenvalue weighted by atomic mass is 10.4. The molecule has 0 aromatic rings. The summed E-state index contributed by atoms with van der Waals surface area (Å²) in [7, 11) is 1.72. The minimum atomic E-state index is -0.606. The van der Waals surface area contributed by atoms with Crippen LogP contribution in [0.3, 0.4) is 0 Å². The van der Waals surface area contributed by atoms with E-state index in [1.165, 1.54) is 0 Å². The topological polar surface area (TPSA) is 52.5 Å². The Kier molecular flexibility index (Phi) is 3.98. The van der Waals surface area contributed by atoms with Gasteiger partial charge in [-0.2, -0.15) is 0 Å². The quantitative estimate of drug-likeness (QED) is 0.412. The third-order valence-corrected chi connectivity index (χ3v) is 0.650. The number of nitrogens with one attached hydrogen (secondary N) is 1. The largest absolute Gasteiger partial charge is 0.394 e. The molecule has 0 aliphatic carbocycles. The van der Waals surface area contributed by atoms with Crippen molar-refractivity contribution in [3.8, 4) is 0 Å². The molecule has 3 nitrogen and oxygen atoms in total. The summed E-state index contributed by atoms with van der Waals surface area (Å²) < 4.78 is 0. The van der Waals surface area contributed by atoms with Crippen molar-refractivity contribution in [1.82, 2.24) is 5.32 Å². The number of likely N-dealkylation sites (N-methyl/N-ethyl adjacent to an activating group) is 1. The molecular weight excluding hydrogens is 94.0 g/mol. The average Bonchev–Trinajstić information content (AvgIpc) is 1.68. The number of aliphatic hydroxyl groups excluding tert-OH is 2. The van der Waals surface area contributed by atoms with Crippen LogP contribution in [0.1, 0.15) is 0 Å². The first-order valence-corrected chi connectivity index (χ1v) is 2.24. The highest BCUT2D eigenvalue weighted by molar-refractivity contribution is 4.51. The fraction of sp³-hybridized carbons (Fsp3) is 1.00. The summed E-state index contributed by atoms with van der Waals surface area (Å²) in [4.78, 5) is 0. The monoisotopic (exact) mass is 105 g/mol. The Balaban J connectivity index is 2.83. The Morgan fingerprint density at radius 1 is 1.71 bits per heavy atom. The van der Waals surface area contributed by atoms with Gasteiger partial charge in [-0.05, 0) is 7.05 Å². The summed E-state index contributed by atoms with van der Waals surface area (Å²) in [5, 5.41) is 19.4. The van der Waals surface area contributed by atoms with Crippen molar-refractivity contribution in [2.45, 2.75) is 6.10 Å². The van der Waals surface area contributed by atoms with Gasteiger partial charge in [-0.25, -0.2) is 0 Å². The van der Waals surface area contributed by atoms with Crippen LogP contribution < -0.4 is 5.32 Å². The van der Waals surface area contributed by atoms with Crippen LogP contribution in [0.15, 0.2) is 0 Å². The minimum Gasteiger partial charge on any atom is -0.394 e. The van der Waals surface area contributed by atoms with E-state index in [-0.39, 0.29) is 6.61 Å². The standard InChI is InChI=1S/C4H11NO2/c1-5-2-4(7)3-6/h4-7H,2-3H2,1H3/t4-/m0/s1. The van der Waals surface area contributed by atoms with Gasteiger partial charge in [0.1, 0.15) is 0 Å². The van der Waals surface area contributed by atoms with E-state index in [1.54, 1.807) is 7.05 Å². The predicted octanol–water partition coefficient (Wildman–Crippen LogP) is -1.44. The number of aliphatic hydroxyl groups is 2. The van der Waals surface area contributed by atoms with Crippen LogP contribution in [0.4, 0.5) is 0 Å². The van der Waals surface area contributed by atoms with Gasteiger partial charge in [-0.3, -0.25) is 0 Å². The van der Waals surface area contributed by atoms with Crippen LogP contribution in [0.25, 0.3) is 0 Å². The first-order valence-electron chi connectivity index (χ1n) is 2.24. The van der Waals surface area contributed by atoms with Crippen LogP contribution >= 0.6 is 0 Å². The second kappa shape index (κ2) is 4.05. The van der Waals surface area contributed by atoms with E-state index < -0.39 is 6.10 Å². The van der Waals surface area contributed by atoms with E-state index in [4.69, 9.17) is 10.2 Å². The highest BCUT2D eigenvalue weighted by atomic mass is 16.3. The molecule has 0 radical (unpaired) electrons. The molecule has 0 saturated carbocycles. The Hall–Kier alpha value is -0.120. The molecule has 44 valence electrons. The Morgan fingerprint density at radius 3 is 2.43 bits per heavy atom. The first-order chi connectivity index (χ1) is 3.31. The second-order valence-corrected chi connectivity index (χ2v) is 1.39. The molecule has 0 heterocycles. The van der Waals surface area contributed by atoms with E-state index >= 15 is 0 Å². The van der Waals surface area contributed by atoms with Gasteiger partial charge >= 0.3 is 0 Å². The van der Waals surface area contributed by atoms with E-state index in [2.05, 4.69) is 5.32 Å². The van der Waals surface area contributed by atoms with Crippen molar-refractivity contribution >= 4 is 0 Å². The fourth-order valence-corrected chi connectivity index (χ4v) is 0.300. The molecule has 7 heavy (non-hydrogen) atoms. The summed E-state index contributed by atoms with van der Waals surface area (Å²) in [5.74, 6) is 0. The van der Waals surface area contributed by atoms with Crippen LogP contribution in [0, 0.1) is 0 Å². The van der Waals surface area contributed by atoms with Crippen LogP contribution in [0.5, 0.6) is 0 Å². The van der Waals surface area contributed by atoms with Gasteiger partial charge in [-0.1, -0.05) is 0 Å². The SMILES string of the molecule is CNC[C@H](O)CO. The van der Waals surface area contributed by atoms with Crippen LogP contribution in [-0.4, -0.2) is 36.5 Å². The lowest BCUT2D eigenvalue weighted by Gasteiger charge is -2.02.